The third kappa shape index (κ3) is 3.47. The fourth-order valence-corrected chi connectivity index (χ4v) is 1.94. The number of nitrogens with one attached hydrogen (secondary N) is 2. The Morgan fingerprint density at radius 2 is 2.25 bits per heavy atom. The molecule has 2 rings (SSSR count). The number of rotatable bonds is 4. The summed E-state index contributed by atoms with van der Waals surface area (Å²) in [4.78, 5) is 26.0. The van der Waals surface area contributed by atoms with Crippen molar-refractivity contribution >= 4 is 33.6 Å². The van der Waals surface area contributed by atoms with Crippen LogP contribution < -0.4 is 5.32 Å². The van der Waals surface area contributed by atoms with Crippen LogP contribution in [0.2, 0.25) is 0 Å². The molecule has 0 fully saturated rings. The van der Waals surface area contributed by atoms with Crippen LogP contribution in [-0.2, 0) is 16.6 Å². The molecule has 0 aliphatic rings. The number of hydrogen-bond donors (Lipinski definition) is 2. The maximum absolute atomic E-state index is 11.7. The quantitative estimate of drug-likeness (QED) is 0.827. The van der Waals surface area contributed by atoms with E-state index in [1.54, 1.807) is 25.4 Å². The van der Waals surface area contributed by atoms with Gasteiger partial charge in [0.25, 0.3) is 5.91 Å². The number of carbonyl (C=O) groups is 2. The van der Waals surface area contributed by atoms with Gasteiger partial charge >= 0.3 is 5.97 Å². The molecule has 1 amide bonds. The number of esters is 1. The minimum absolute atomic E-state index is 0.279. The van der Waals surface area contributed by atoms with Gasteiger partial charge in [0.2, 0.25) is 0 Å². The lowest BCUT2D eigenvalue weighted by Gasteiger charge is -2.05. The van der Waals surface area contributed by atoms with E-state index in [0.29, 0.717) is 5.82 Å². The van der Waals surface area contributed by atoms with Gasteiger partial charge in [0, 0.05) is 23.8 Å². The Hall–Kier alpha value is -2.09. The van der Waals surface area contributed by atoms with Crippen LogP contribution in [0.4, 0.5) is 5.82 Å². The molecule has 8 heteroatoms. The third-order valence-corrected chi connectivity index (χ3v) is 2.93. The largest absolute Gasteiger partial charge is 0.451 e. The lowest BCUT2D eigenvalue weighted by atomic mass is 10.4. The second-order valence-electron chi connectivity index (χ2n) is 4.15. The second kappa shape index (κ2) is 5.91. The highest BCUT2D eigenvalue weighted by Gasteiger charge is 2.13. The SMILES string of the molecule is Cc1cc(NC(=O)COC(=O)c2cc(Br)c[nH]2)n(C)n1. The Kier molecular flexibility index (Phi) is 4.23. The van der Waals surface area contributed by atoms with Gasteiger partial charge in [0.15, 0.2) is 6.61 Å². The zero-order chi connectivity index (χ0) is 14.7. The van der Waals surface area contributed by atoms with Gasteiger partial charge in [-0.15, -0.1) is 0 Å². The third-order valence-electron chi connectivity index (χ3n) is 2.47. The van der Waals surface area contributed by atoms with E-state index in [2.05, 4.69) is 31.3 Å². The van der Waals surface area contributed by atoms with Gasteiger partial charge < -0.3 is 15.0 Å². The molecule has 0 bridgehead atoms. The smallest absolute Gasteiger partial charge is 0.355 e. The zero-order valence-electron chi connectivity index (χ0n) is 10.9. The molecule has 0 saturated carbocycles. The summed E-state index contributed by atoms with van der Waals surface area (Å²) in [5.74, 6) is -0.467. The average molecular weight is 341 g/mol. The first-order valence-corrected chi connectivity index (χ1v) is 6.56. The fraction of sp³-hybridized carbons (Fsp3) is 0.250. The monoisotopic (exact) mass is 340 g/mol. The molecular formula is C12H13BrN4O3. The fourth-order valence-electron chi connectivity index (χ4n) is 1.60. The number of aryl methyl sites for hydroxylation is 2. The number of carbonyl (C=O) groups excluding carboxylic acids is 2. The van der Waals surface area contributed by atoms with Crippen molar-refractivity contribution in [1.82, 2.24) is 14.8 Å². The molecular weight excluding hydrogens is 328 g/mol. The number of aromatic amines is 1. The molecule has 2 aromatic heterocycles. The predicted molar refractivity (Wildman–Crippen MR) is 75.3 cm³/mol. The van der Waals surface area contributed by atoms with Crippen LogP contribution in [0, 0.1) is 6.92 Å². The Labute approximate surface area is 123 Å². The summed E-state index contributed by atoms with van der Waals surface area (Å²) >= 11 is 3.21. The molecule has 7 nitrogen and oxygen atoms in total. The van der Waals surface area contributed by atoms with Crippen molar-refractivity contribution in [3.05, 3.63) is 34.2 Å². The molecule has 0 radical (unpaired) electrons. The number of anilines is 1. The molecule has 2 heterocycles. The highest BCUT2D eigenvalue weighted by molar-refractivity contribution is 9.10. The highest BCUT2D eigenvalue weighted by Crippen LogP contribution is 2.11. The van der Waals surface area contributed by atoms with Crippen LogP contribution in [0.1, 0.15) is 16.2 Å². The topological polar surface area (TPSA) is 89.0 Å². The average Bonchev–Trinajstić information content (AvgIpc) is 2.93. The molecule has 20 heavy (non-hydrogen) atoms. The molecule has 0 atom stereocenters. The number of nitrogens with zero attached hydrogens (tertiary/aromatic N) is 2. The van der Waals surface area contributed by atoms with Crippen molar-refractivity contribution in [2.24, 2.45) is 7.05 Å². The number of hydrogen-bond acceptors (Lipinski definition) is 4. The minimum Gasteiger partial charge on any atom is -0.451 e. The molecule has 106 valence electrons. The van der Waals surface area contributed by atoms with E-state index in [1.165, 1.54) is 4.68 Å². The van der Waals surface area contributed by atoms with Gasteiger partial charge in [-0.25, -0.2) is 4.79 Å². The van der Waals surface area contributed by atoms with Crippen molar-refractivity contribution in [3.63, 3.8) is 0 Å². The highest BCUT2D eigenvalue weighted by atomic mass is 79.9. The van der Waals surface area contributed by atoms with Crippen molar-refractivity contribution < 1.29 is 14.3 Å². The lowest BCUT2D eigenvalue weighted by molar-refractivity contribution is -0.119. The van der Waals surface area contributed by atoms with E-state index in [9.17, 15) is 9.59 Å². The van der Waals surface area contributed by atoms with Crippen LogP contribution in [0.3, 0.4) is 0 Å². The maximum atomic E-state index is 11.7. The molecule has 2 aromatic rings. The first-order valence-electron chi connectivity index (χ1n) is 5.77. The molecule has 0 spiro atoms. The second-order valence-corrected chi connectivity index (χ2v) is 5.07. The normalized spacial score (nSPS) is 10.3. The van der Waals surface area contributed by atoms with Crippen molar-refractivity contribution in [2.45, 2.75) is 6.92 Å². The Morgan fingerprint density at radius 1 is 1.50 bits per heavy atom. The Bertz CT molecular complexity index is 647. The molecule has 0 saturated heterocycles. The number of halogens is 1. The van der Waals surface area contributed by atoms with E-state index < -0.39 is 11.9 Å². The van der Waals surface area contributed by atoms with Crippen molar-refractivity contribution in [3.8, 4) is 0 Å². The first kappa shape index (κ1) is 14.3. The number of amides is 1. The van der Waals surface area contributed by atoms with Crippen molar-refractivity contribution in [1.29, 1.82) is 0 Å². The van der Waals surface area contributed by atoms with Crippen LogP contribution in [0.25, 0.3) is 0 Å². The molecule has 0 aromatic carbocycles. The summed E-state index contributed by atoms with van der Waals surface area (Å²) in [5.41, 5.74) is 1.07. The van der Waals surface area contributed by atoms with Gasteiger partial charge in [-0.1, -0.05) is 0 Å². The van der Waals surface area contributed by atoms with E-state index in [0.717, 1.165) is 10.2 Å². The number of H-pyrrole nitrogens is 1. The minimum atomic E-state index is -0.591. The van der Waals surface area contributed by atoms with Gasteiger partial charge in [-0.2, -0.15) is 5.10 Å². The maximum Gasteiger partial charge on any atom is 0.355 e. The van der Waals surface area contributed by atoms with Crippen LogP contribution in [-0.4, -0.2) is 33.2 Å². The predicted octanol–water partition coefficient (Wildman–Crippen LogP) is 1.61. The molecule has 0 aliphatic carbocycles. The Morgan fingerprint density at radius 3 is 2.80 bits per heavy atom. The lowest BCUT2D eigenvalue weighted by Crippen LogP contribution is -2.22. The number of ether oxygens (including phenoxy) is 1. The van der Waals surface area contributed by atoms with E-state index in [1.807, 2.05) is 6.92 Å². The van der Waals surface area contributed by atoms with Gasteiger partial charge in [-0.05, 0) is 28.9 Å². The summed E-state index contributed by atoms with van der Waals surface area (Å²) in [6, 6.07) is 3.30. The van der Waals surface area contributed by atoms with Crippen molar-refractivity contribution in [2.75, 3.05) is 11.9 Å². The molecule has 0 aliphatic heterocycles. The van der Waals surface area contributed by atoms with Gasteiger partial charge in [0.1, 0.15) is 11.5 Å². The summed E-state index contributed by atoms with van der Waals surface area (Å²) in [7, 11) is 1.71. The van der Waals surface area contributed by atoms with Gasteiger partial charge in [0.05, 0.1) is 5.69 Å². The zero-order valence-corrected chi connectivity index (χ0v) is 12.5. The molecule has 0 unspecified atom stereocenters. The summed E-state index contributed by atoms with van der Waals surface area (Å²) < 4.78 is 7.16. The number of aromatic nitrogens is 3. The Balaban J connectivity index is 1.86. The summed E-state index contributed by atoms with van der Waals surface area (Å²) in [6.07, 6.45) is 1.61. The van der Waals surface area contributed by atoms with Crippen LogP contribution >= 0.6 is 15.9 Å². The summed E-state index contributed by atoms with van der Waals surface area (Å²) in [6.45, 7) is 1.46. The van der Waals surface area contributed by atoms with E-state index >= 15 is 0 Å². The first-order chi connectivity index (χ1) is 9.45. The summed E-state index contributed by atoms with van der Waals surface area (Å²) in [5, 5.41) is 6.70. The van der Waals surface area contributed by atoms with Gasteiger partial charge in [-0.3, -0.25) is 9.48 Å². The standard InChI is InChI=1S/C12H13BrN4O3/c1-7-3-10(17(2)16-7)15-11(18)6-20-12(19)9-4-8(13)5-14-9/h3-5,14H,6H2,1-2H3,(H,15,18). The van der Waals surface area contributed by atoms with E-state index in [-0.39, 0.29) is 12.3 Å². The van der Waals surface area contributed by atoms with Crippen LogP contribution in [0.15, 0.2) is 22.8 Å². The van der Waals surface area contributed by atoms with E-state index in [4.69, 9.17) is 4.74 Å². The van der Waals surface area contributed by atoms with Crippen LogP contribution in [0.5, 0.6) is 0 Å². The molecule has 2 N–H and O–H groups in total.